The molecule has 1 aromatic carbocycles. The first kappa shape index (κ1) is 23.6. The first-order valence-electron chi connectivity index (χ1n) is 10.8. The number of carbonyl (C=O) groups is 2. The summed E-state index contributed by atoms with van der Waals surface area (Å²) in [6.07, 6.45) is -0.933. The fourth-order valence-electron chi connectivity index (χ4n) is 5.73. The fraction of sp³-hybridized carbons (Fsp3) is 0.636. The van der Waals surface area contributed by atoms with Crippen molar-refractivity contribution in [3.05, 3.63) is 55.6 Å². The molecule has 0 aromatic heterocycles. The number of esters is 2. The summed E-state index contributed by atoms with van der Waals surface area (Å²) in [4.78, 5) is 49.4. The standard InChI is InChI=1S/C22H28N2O8/c1-4-31-19(25)16-10-21(23(27)28)12-17(20(26)32-5-2)13-22(11-16,24(29)30)18(21)15-8-6-14(3)7-9-15/h6-9,16-18H,4-5,10-13H2,1-3H3. The maximum Gasteiger partial charge on any atom is 0.309 e. The third-order valence-corrected chi connectivity index (χ3v) is 6.85. The largest absolute Gasteiger partial charge is 0.466 e. The van der Waals surface area contributed by atoms with Crippen LogP contribution in [0.25, 0.3) is 0 Å². The number of aryl methyl sites for hydroxylation is 1. The van der Waals surface area contributed by atoms with Gasteiger partial charge in [0.2, 0.25) is 11.1 Å². The van der Waals surface area contributed by atoms with E-state index in [1.165, 1.54) is 0 Å². The van der Waals surface area contributed by atoms with Crippen LogP contribution in [0.3, 0.4) is 0 Å². The summed E-state index contributed by atoms with van der Waals surface area (Å²) in [5, 5.41) is 25.3. The van der Waals surface area contributed by atoms with Crippen LogP contribution < -0.4 is 0 Å². The minimum absolute atomic E-state index is 0.0686. The number of fused-ring (bicyclic) bond motifs is 2. The van der Waals surface area contributed by atoms with Gasteiger partial charge < -0.3 is 9.47 Å². The fourth-order valence-corrected chi connectivity index (χ4v) is 5.73. The summed E-state index contributed by atoms with van der Waals surface area (Å²) < 4.78 is 10.2. The van der Waals surface area contributed by atoms with Crippen LogP contribution >= 0.6 is 0 Å². The molecule has 2 saturated carbocycles. The average molecular weight is 448 g/mol. The van der Waals surface area contributed by atoms with E-state index in [9.17, 15) is 29.8 Å². The molecule has 2 fully saturated rings. The number of nitrogens with zero attached hydrogens (tertiary/aromatic N) is 2. The quantitative estimate of drug-likeness (QED) is 0.352. The summed E-state index contributed by atoms with van der Waals surface area (Å²) >= 11 is 0. The van der Waals surface area contributed by atoms with E-state index in [1.54, 1.807) is 38.1 Å². The van der Waals surface area contributed by atoms with Crippen LogP contribution in [0.2, 0.25) is 0 Å². The topological polar surface area (TPSA) is 139 Å². The monoisotopic (exact) mass is 448 g/mol. The van der Waals surface area contributed by atoms with Crippen molar-refractivity contribution in [3.63, 3.8) is 0 Å². The molecule has 2 bridgehead atoms. The molecule has 0 aliphatic heterocycles. The highest BCUT2D eigenvalue weighted by Gasteiger charge is 2.75. The molecule has 32 heavy (non-hydrogen) atoms. The maximum absolute atomic E-state index is 12.6. The average Bonchev–Trinajstić information content (AvgIpc) is 2.73. The Hall–Kier alpha value is -3.04. The van der Waals surface area contributed by atoms with Crippen LogP contribution in [0.1, 0.15) is 56.6 Å². The first-order valence-corrected chi connectivity index (χ1v) is 10.8. The minimum Gasteiger partial charge on any atom is -0.466 e. The molecule has 0 atom stereocenters. The molecule has 2 aliphatic rings. The molecule has 0 spiro atoms. The second kappa shape index (κ2) is 8.84. The summed E-state index contributed by atoms with van der Waals surface area (Å²) in [6, 6.07) is 6.86. The van der Waals surface area contributed by atoms with Gasteiger partial charge in [-0.2, -0.15) is 0 Å². The predicted octanol–water partition coefficient (Wildman–Crippen LogP) is 3.06. The van der Waals surface area contributed by atoms with Crippen molar-refractivity contribution in [2.24, 2.45) is 11.8 Å². The molecule has 3 rings (SSSR count). The summed E-state index contributed by atoms with van der Waals surface area (Å²) in [5.74, 6) is -4.47. The Morgan fingerprint density at radius 3 is 1.56 bits per heavy atom. The van der Waals surface area contributed by atoms with E-state index < -0.39 is 50.6 Å². The molecule has 0 radical (unpaired) electrons. The molecule has 1 aromatic rings. The van der Waals surface area contributed by atoms with E-state index in [0.29, 0.717) is 5.56 Å². The highest BCUT2D eigenvalue weighted by Crippen LogP contribution is 2.60. The maximum atomic E-state index is 12.6. The lowest BCUT2D eigenvalue weighted by molar-refractivity contribution is -0.644. The third-order valence-electron chi connectivity index (χ3n) is 6.85. The Labute approximate surface area is 185 Å². The molecular formula is C22H28N2O8. The van der Waals surface area contributed by atoms with Crippen molar-refractivity contribution in [2.45, 2.75) is 63.5 Å². The highest BCUT2D eigenvalue weighted by molar-refractivity contribution is 5.75. The number of nitro groups is 2. The second-order valence-electron chi connectivity index (χ2n) is 8.78. The molecule has 174 valence electrons. The highest BCUT2D eigenvalue weighted by atomic mass is 16.6. The van der Waals surface area contributed by atoms with E-state index in [2.05, 4.69) is 0 Å². The van der Waals surface area contributed by atoms with Gasteiger partial charge in [-0.1, -0.05) is 29.8 Å². The zero-order valence-electron chi connectivity index (χ0n) is 18.4. The van der Waals surface area contributed by atoms with Gasteiger partial charge in [-0.25, -0.2) is 0 Å². The molecule has 0 amide bonds. The summed E-state index contributed by atoms with van der Waals surface area (Å²) in [6.45, 7) is 5.21. The van der Waals surface area contributed by atoms with E-state index >= 15 is 0 Å². The lowest BCUT2D eigenvalue weighted by Crippen LogP contribution is -2.68. The molecule has 10 nitrogen and oxygen atoms in total. The SMILES string of the molecule is CCOC(=O)C1CC2([N+](=O)[O-])CC(C(=O)OCC)CC([N+](=O)[O-])(C1)C2c1ccc(C)cc1. The van der Waals surface area contributed by atoms with Crippen LogP contribution in [-0.2, 0) is 19.1 Å². The predicted molar refractivity (Wildman–Crippen MR) is 112 cm³/mol. The van der Waals surface area contributed by atoms with Crippen LogP contribution in [0.4, 0.5) is 0 Å². The molecule has 2 aliphatic carbocycles. The number of ether oxygens (including phenoxy) is 2. The van der Waals surface area contributed by atoms with E-state index in [-0.39, 0.29) is 38.9 Å². The third kappa shape index (κ3) is 3.82. The van der Waals surface area contributed by atoms with Crippen molar-refractivity contribution >= 4 is 11.9 Å². The zero-order chi connectivity index (χ0) is 23.7. The van der Waals surface area contributed by atoms with Crippen LogP contribution in [-0.4, -0.2) is 46.1 Å². The van der Waals surface area contributed by atoms with Gasteiger partial charge in [0.25, 0.3) is 0 Å². The van der Waals surface area contributed by atoms with Gasteiger partial charge in [-0.05, 0) is 26.3 Å². The molecule has 0 unspecified atom stereocenters. The van der Waals surface area contributed by atoms with Crippen molar-refractivity contribution < 1.29 is 28.9 Å². The summed E-state index contributed by atoms with van der Waals surface area (Å²) in [5.41, 5.74) is -2.39. The molecule has 0 saturated heterocycles. The van der Waals surface area contributed by atoms with Gasteiger partial charge in [0, 0.05) is 35.5 Å². The van der Waals surface area contributed by atoms with Gasteiger partial charge in [0.05, 0.1) is 25.0 Å². The Bertz CT molecular complexity index is 849. The number of hydrogen-bond acceptors (Lipinski definition) is 8. The van der Waals surface area contributed by atoms with Gasteiger partial charge in [0.1, 0.15) is 5.92 Å². The lowest BCUT2D eigenvalue weighted by Gasteiger charge is -2.51. The van der Waals surface area contributed by atoms with Crippen LogP contribution in [0, 0.1) is 39.0 Å². The Balaban J connectivity index is 2.22. The van der Waals surface area contributed by atoms with Crippen molar-refractivity contribution in [2.75, 3.05) is 13.2 Å². The second-order valence-corrected chi connectivity index (χ2v) is 8.78. The molecule has 0 heterocycles. The Kier molecular flexibility index (Phi) is 6.52. The van der Waals surface area contributed by atoms with Crippen molar-refractivity contribution in [1.82, 2.24) is 0 Å². The number of benzene rings is 1. The van der Waals surface area contributed by atoms with E-state index in [0.717, 1.165) is 5.56 Å². The number of rotatable bonds is 7. The lowest BCUT2D eigenvalue weighted by atomic mass is 9.49. The molecular weight excluding hydrogens is 420 g/mol. The number of hydrogen-bond donors (Lipinski definition) is 0. The van der Waals surface area contributed by atoms with E-state index in [4.69, 9.17) is 9.47 Å². The first-order chi connectivity index (χ1) is 15.1. The smallest absolute Gasteiger partial charge is 0.309 e. The van der Waals surface area contributed by atoms with Gasteiger partial charge in [-0.15, -0.1) is 0 Å². The molecule has 0 N–H and O–H groups in total. The van der Waals surface area contributed by atoms with Crippen molar-refractivity contribution in [3.8, 4) is 0 Å². The van der Waals surface area contributed by atoms with Gasteiger partial charge in [-0.3, -0.25) is 29.8 Å². The Morgan fingerprint density at radius 1 is 0.875 bits per heavy atom. The number of carbonyl (C=O) groups excluding carboxylic acids is 2. The van der Waals surface area contributed by atoms with E-state index in [1.807, 2.05) is 6.92 Å². The zero-order valence-corrected chi connectivity index (χ0v) is 18.4. The van der Waals surface area contributed by atoms with Crippen LogP contribution in [0.5, 0.6) is 0 Å². The van der Waals surface area contributed by atoms with Gasteiger partial charge in [0.15, 0.2) is 0 Å². The Morgan fingerprint density at radius 2 is 1.25 bits per heavy atom. The van der Waals surface area contributed by atoms with Crippen LogP contribution in [0.15, 0.2) is 24.3 Å². The molecule has 10 heteroatoms. The minimum atomic E-state index is -1.88. The van der Waals surface area contributed by atoms with Crippen molar-refractivity contribution in [1.29, 1.82) is 0 Å². The summed E-state index contributed by atoms with van der Waals surface area (Å²) in [7, 11) is 0. The normalized spacial score (nSPS) is 31.4. The van der Waals surface area contributed by atoms with Gasteiger partial charge >= 0.3 is 11.9 Å².